The minimum Gasteiger partial charge on any atom is -0.383 e. The number of nitrogens with zero attached hydrogens (tertiary/aromatic N) is 2. The van der Waals surface area contributed by atoms with Gasteiger partial charge in [-0.05, 0) is 6.92 Å². The first-order chi connectivity index (χ1) is 9.29. The molecule has 2 aromatic rings. The molecule has 2 unspecified atom stereocenters. The molecular weight excluding hydrogens is 273 g/mol. The fourth-order valence-corrected chi connectivity index (χ4v) is 1.66. The van der Waals surface area contributed by atoms with E-state index < -0.39 is 18.2 Å². The highest BCUT2D eigenvalue weighted by molar-refractivity contribution is 5.54. The van der Waals surface area contributed by atoms with Crippen LogP contribution >= 0.6 is 0 Å². The molecule has 0 saturated heterocycles. The molecule has 108 valence electrons. The minimum atomic E-state index is -4.72. The van der Waals surface area contributed by atoms with E-state index in [1.165, 1.54) is 6.92 Å². The van der Waals surface area contributed by atoms with Crippen LogP contribution in [0.4, 0.5) is 13.2 Å². The van der Waals surface area contributed by atoms with Gasteiger partial charge in [0.25, 0.3) is 0 Å². The summed E-state index contributed by atoms with van der Waals surface area (Å²) in [4.78, 5) is 3.91. The molecule has 2 rings (SSSR count). The Balaban J connectivity index is 2.23. The van der Waals surface area contributed by atoms with Gasteiger partial charge in [-0.1, -0.05) is 41.9 Å². The molecule has 4 nitrogen and oxygen atoms in total. The Hall–Kier alpha value is -1.89. The molecule has 1 aromatic carbocycles. The maximum absolute atomic E-state index is 12.4. The summed E-state index contributed by atoms with van der Waals surface area (Å²) >= 11 is 0. The largest absolute Gasteiger partial charge is 0.415 e. The summed E-state index contributed by atoms with van der Waals surface area (Å²) in [6, 6.07) is 7.16. The number of benzene rings is 1. The van der Waals surface area contributed by atoms with Crippen molar-refractivity contribution in [2.45, 2.75) is 32.0 Å². The molecule has 0 saturated carbocycles. The normalized spacial score (nSPS) is 15.1. The lowest BCUT2D eigenvalue weighted by Crippen LogP contribution is -2.33. The Morgan fingerprint density at radius 2 is 1.80 bits per heavy atom. The van der Waals surface area contributed by atoms with Crippen molar-refractivity contribution in [2.75, 3.05) is 0 Å². The Bertz CT molecular complexity index is 578. The molecule has 0 radical (unpaired) electrons. The number of aromatic nitrogens is 2. The third-order valence-electron chi connectivity index (χ3n) is 2.95. The average Bonchev–Trinajstić information content (AvgIpc) is 2.86. The second-order valence-electron chi connectivity index (χ2n) is 4.60. The van der Waals surface area contributed by atoms with Gasteiger partial charge in [-0.2, -0.15) is 18.2 Å². The number of hydrogen-bond donors (Lipinski definition) is 1. The first kappa shape index (κ1) is 14.5. The summed E-state index contributed by atoms with van der Waals surface area (Å²) in [5.74, 6) is -1.37. The van der Waals surface area contributed by atoms with Crippen LogP contribution in [0.3, 0.4) is 0 Å². The zero-order chi connectivity index (χ0) is 14.9. The Morgan fingerprint density at radius 1 is 1.20 bits per heavy atom. The van der Waals surface area contributed by atoms with Crippen LogP contribution in [0.5, 0.6) is 0 Å². The standard InChI is InChI=1S/C13H13F3N2O2/c1-7-3-5-9(6-4-7)11-17-12(20-18-11)8(2)10(19)13(14,15)16/h3-6,8,10,19H,1-2H3. The lowest BCUT2D eigenvalue weighted by Gasteiger charge is -2.17. The summed E-state index contributed by atoms with van der Waals surface area (Å²) in [7, 11) is 0. The molecule has 1 aromatic heterocycles. The van der Waals surface area contributed by atoms with Crippen LogP contribution in [-0.4, -0.2) is 27.5 Å². The average molecular weight is 286 g/mol. The summed E-state index contributed by atoms with van der Waals surface area (Å²) in [6.45, 7) is 3.10. The zero-order valence-corrected chi connectivity index (χ0v) is 10.8. The van der Waals surface area contributed by atoms with Crippen molar-refractivity contribution >= 4 is 0 Å². The lowest BCUT2D eigenvalue weighted by molar-refractivity contribution is -0.210. The van der Waals surface area contributed by atoms with Crippen molar-refractivity contribution in [2.24, 2.45) is 0 Å². The SMILES string of the molecule is Cc1ccc(-c2noc(C(C)C(O)C(F)(F)F)n2)cc1. The Morgan fingerprint density at radius 3 is 2.35 bits per heavy atom. The molecule has 0 bridgehead atoms. The predicted molar refractivity (Wildman–Crippen MR) is 64.9 cm³/mol. The number of aryl methyl sites for hydroxylation is 1. The van der Waals surface area contributed by atoms with E-state index in [0.717, 1.165) is 5.56 Å². The van der Waals surface area contributed by atoms with Crippen LogP contribution in [0.2, 0.25) is 0 Å². The molecule has 0 aliphatic rings. The number of aliphatic hydroxyl groups is 1. The van der Waals surface area contributed by atoms with Gasteiger partial charge in [0.2, 0.25) is 11.7 Å². The summed E-state index contributed by atoms with van der Waals surface area (Å²) in [5, 5.41) is 12.8. The Labute approximate surface area is 113 Å². The zero-order valence-electron chi connectivity index (χ0n) is 10.8. The number of alkyl halides is 3. The quantitative estimate of drug-likeness (QED) is 0.942. The highest BCUT2D eigenvalue weighted by atomic mass is 19.4. The van der Waals surface area contributed by atoms with Crippen molar-refractivity contribution < 1.29 is 22.8 Å². The van der Waals surface area contributed by atoms with Gasteiger partial charge in [0.15, 0.2) is 6.10 Å². The van der Waals surface area contributed by atoms with E-state index in [2.05, 4.69) is 10.1 Å². The van der Waals surface area contributed by atoms with Crippen molar-refractivity contribution in [3.05, 3.63) is 35.7 Å². The maximum Gasteiger partial charge on any atom is 0.415 e. The molecule has 2 atom stereocenters. The molecule has 0 aliphatic heterocycles. The van der Waals surface area contributed by atoms with Crippen molar-refractivity contribution in [1.29, 1.82) is 0 Å². The van der Waals surface area contributed by atoms with Crippen LogP contribution in [-0.2, 0) is 0 Å². The van der Waals surface area contributed by atoms with E-state index in [-0.39, 0.29) is 11.7 Å². The van der Waals surface area contributed by atoms with Gasteiger partial charge in [-0.15, -0.1) is 0 Å². The second kappa shape index (κ2) is 5.24. The highest BCUT2D eigenvalue weighted by Gasteiger charge is 2.44. The summed E-state index contributed by atoms with van der Waals surface area (Å²) < 4.78 is 42.1. The third-order valence-corrected chi connectivity index (χ3v) is 2.95. The van der Waals surface area contributed by atoms with Crippen LogP contribution in [0, 0.1) is 6.92 Å². The molecule has 1 heterocycles. The number of halogens is 3. The molecular formula is C13H13F3N2O2. The van der Waals surface area contributed by atoms with Crippen molar-refractivity contribution in [1.82, 2.24) is 10.1 Å². The van der Waals surface area contributed by atoms with E-state index in [1.54, 1.807) is 12.1 Å². The van der Waals surface area contributed by atoms with E-state index >= 15 is 0 Å². The lowest BCUT2D eigenvalue weighted by atomic mass is 10.0. The second-order valence-corrected chi connectivity index (χ2v) is 4.60. The molecule has 20 heavy (non-hydrogen) atoms. The van der Waals surface area contributed by atoms with Gasteiger partial charge < -0.3 is 9.63 Å². The fraction of sp³-hybridized carbons (Fsp3) is 0.385. The number of hydrogen-bond acceptors (Lipinski definition) is 4. The third kappa shape index (κ3) is 2.98. The van der Waals surface area contributed by atoms with Gasteiger partial charge in [0, 0.05) is 5.56 Å². The Kier molecular flexibility index (Phi) is 3.80. The van der Waals surface area contributed by atoms with E-state index in [9.17, 15) is 18.3 Å². The monoisotopic (exact) mass is 286 g/mol. The van der Waals surface area contributed by atoms with Gasteiger partial charge in [0.1, 0.15) is 0 Å². The highest BCUT2D eigenvalue weighted by Crippen LogP contribution is 2.31. The molecule has 0 amide bonds. The van der Waals surface area contributed by atoms with Crippen LogP contribution in [0.25, 0.3) is 11.4 Å². The van der Waals surface area contributed by atoms with Gasteiger partial charge >= 0.3 is 6.18 Å². The molecule has 1 N–H and O–H groups in total. The van der Waals surface area contributed by atoms with Gasteiger partial charge in [-0.3, -0.25) is 0 Å². The first-order valence-corrected chi connectivity index (χ1v) is 5.94. The number of rotatable bonds is 3. The summed E-state index contributed by atoms with van der Waals surface area (Å²) in [5.41, 5.74) is 1.68. The van der Waals surface area contributed by atoms with Crippen LogP contribution in [0.15, 0.2) is 28.8 Å². The molecule has 0 spiro atoms. The smallest absolute Gasteiger partial charge is 0.383 e. The molecule has 0 fully saturated rings. The molecule has 0 aliphatic carbocycles. The van der Waals surface area contributed by atoms with Crippen molar-refractivity contribution in [3.63, 3.8) is 0 Å². The summed E-state index contributed by atoms with van der Waals surface area (Å²) in [6.07, 6.45) is -7.26. The van der Waals surface area contributed by atoms with Crippen LogP contribution < -0.4 is 0 Å². The van der Waals surface area contributed by atoms with E-state index in [1.807, 2.05) is 19.1 Å². The first-order valence-electron chi connectivity index (χ1n) is 5.94. The van der Waals surface area contributed by atoms with Gasteiger partial charge in [0.05, 0.1) is 5.92 Å². The maximum atomic E-state index is 12.4. The fourth-order valence-electron chi connectivity index (χ4n) is 1.66. The van der Waals surface area contributed by atoms with E-state index in [0.29, 0.717) is 5.56 Å². The van der Waals surface area contributed by atoms with Gasteiger partial charge in [-0.25, -0.2) is 0 Å². The minimum absolute atomic E-state index is 0.196. The molecule has 7 heteroatoms. The van der Waals surface area contributed by atoms with Crippen molar-refractivity contribution in [3.8, 4) is 11.4 Å². The predicted octanol–water partition coefficient (Wildman–Crippen LogP) is 3.07. The van der Waals surface area contributed by atoms with E-state index in [4.69, 9.17) is 4.52 Å². The van der Waals surface area contributed by atoms with Crippen LogP contribution in [0.1, 0.15) is 24.3 Å². The number of aliphatic hydroxyl groups excluding tert-OH is 1. The topological polar surface area (TPSA) is 59.2 Å².